The number of amides is 1. The van der Waals surface area contributed by atoms with Gasteiger partial charge in [-0.25, -0.2) is 9.67 Å². The fraction of sp³-hybridized carbons (Fsp3) is 0.174. The van der Waals surface area contributed by atoms with Crippen LogP contribution >= 0.6 is 11.3 Å². The molecule has 0 fully saturated rings. The standard InChI is InChI=1S/C23H22N4O3S/c1-14-15(2)31-23(24-14)25-22(28)21-18(13-27(26-21)17-8-6-5-7-9-17)16-10-11-19(29-3)20(12-16)30-4/h5-13H,1-4H3,(H,24,25,28). The number of aromatic nitrogens is 3. The first kappa shape index (κ1) is 20.6. The number of methoxy groups -OCH3 is 2. The van der Waals surface area contributed by atoms with Gasteiger partial charge in [-0.3, -0.25) is 10.1 Å². The van der Waals surface area contributed by atoms with Gasteiger partial charge >= 0.3 is 0 Å². The van der Waals surface area contributed by atoms with Crippen LogP contribution in [0.2, 0.25) is 0 Å². The van der Waals surface area contributed by atoms with Gasteiger partial charge in [-0.05, 0) is 43.7 Å². The van der Waals surface area contributed by atoms with E-state index in [1.807, 2.05) is 68.6 Å². The van der Waals surface area contributed by atoms with Crippen LogP contribution in [0.5, 0.6) is 11.5 Å². The minimum absolute atomic E-state index is 0.293. The Bertz CT molecular complexity index is 1210. The van der Waals surface area contributed by atoms with Crippen molar-refractivity contribution in [3.63, 3.8) is 0 Å². The number of rotatable bonds is 6. The maximum Gasteiger partial charge on any atom is 0.278 e. The van der Waals surface area contributed by atoms with Gasteiger partial charge < -0.3 is 9.47 Å². The lowest BCUT2D eigenvalue weighted by molar-refractivity contribution is 0.102. The molecule has 0 saturated carbocycles. The number of hydrogen-bond donors (Lipinski definition) is 1. The average Bonchev–Trinajstić information content (AvgIpc) is 3.37. The second-order valence-electron chi connectivity index (χ2n) is 6.86. The zero-order valence-corrected chi connectivity index (χ0v) is 18.5. The first-order valence-corrected chi connectivity index (χ1v) is 10.4. The van der Waals surface area contributed by atoms with E-state index in [1.54, 1.807) is 18.9 Å². The van der Waals surface area contributed by atoms with Crippen molar-refractivity contribution in [2.75, 3.05) is 19.5 Å². The van der Waals surface area contributed by atoms with Crippen LogP contribution < -0.4 is 14.8 Å². The summed E-state index contributed by atoms with van der Waals surface area (Å²) in [6, 6.07) is 15.2. The van der Waals surface area contributed by atoms with Gasteiger partial charge in [0.1, 0.15) is 0 Å². The summed E-state index contributed by atoms with van der Waals surface area (Å²) in [6.07, 6.45) is 1.84. The summed E-state index contributed by atoms with van der Waals surface area (Å²) in [5, 5.41) is 8.02. The van der Waals surface area contributed by atoms with E-state index >= 15 is 0 Å². The van der Waals surface area contributed by atoms with Gasteiger partial charge in [0.2, 0.25) is 0 Å². The molecule has 8 heteroatoms. The predicted octanol–water partition coefficient (Wildman–Crippen LogP) is 4.88. The van der Waals surface area contributed by atoms with Crippen LogP contribution in [-0.4, -0.2) is 34.9 Å². The van der Waals surface area contributed by atoms with E-state index in [9.17, 15) is 4.79 Å². The highest BCUT2D eigenvalue weighted by Gasteiger charge is 2.21. The molecule has 0 saturated heterocycles. The number of para-hydroxylation sites is 1. The minimum atomic E-state index is -0.326. The van der Waals surface area contributed by atoms with Crippen LogP contribution in [0.25, 0.3) is 16.8 Å². The molecule has 0 aliphatic carbocycles. The van der Waals surface area contributed by atoms with Crippen molar-refractivity contribution in [2.24, 2.45) is 0 Å². The lowest BCUT2D eigenvalue weighted by Crippen LogP contribution is -2.14. The molecule has 2 aromatic carbocycles. The minimum Gasteiger partial charge on any atom is -0.493 e. The van der Waals surface area contributed by atoms with Crippen molar-refractivity contribution < 1.29 is 14.3 Å². The lowest BCUT2D eigenvalue weighted by Gasteiger charge is -2.09. The molecule has 2 heterocycles. The highest BCUT2D eigenvalue weighted by Crippen LogP contribution is 2.34. The summed E-state index contributed by atoms with van der Waals surface area (Å²) in [5.74, 6) is 0.861. The van der Waals surface area contributed by atoms with Crippen molar-refractivity contribution in [1.29, 1.82) is 0 Å². The van der Waals surface area contributed by atoms with E-state index in [2.05, 4.69) is 15.4 Å². The molecule has 2 aromatic heterocycles. The number of nitrogens with zero attached hydrogens (tertiary/aromatic N) is 3. The Morgan fingerprint density at radius 1 is 1.03 bits per heavy atom. The maximum atomic E-state index is 13.2. The van der Waals surface area contributed by atoms with E-state index < -0.39 is 0 Å². The van der Waals surface area contributed by atoms with E-state index in [0.29, 0.717) is 27.9 Å². The van der Waals surface area contributed by atoms with Crippen LogP contribution in [0.3, 0.4) is 0 Å². The third kappa shape index (κ3) is 4.15. The van der Waals surface area contributed by atoms with Crippen molar-refractivity contribution in [1.82, 2.24) is 14.8 Å². The highest BCUT2D eigenvalue weighted by molar-refractivity contribution is 7.15. The summed E-state index contributed by atoms with van der Waals surface area (Å²) in [7, 11) is 3.16. The Morgan fingerprint density at radius 2 is 1.77 bits per heavy atom. The third-order valence-corrected chi connectivity index (χ3v) is 5.88. The van der Waals surface area contributed by atoms with Crippen molar-refractivity contribution in [3.05, 3.63) is 71.0 Å². The molecule has 7 nitrogen and oxygen atoms in total. The predicted molar refractivity (Wildman–Crippen MR) is 122 cm³/mol. The van der Waals surface area contributed by atoms with Crippen molar-refractivity contribution in [2.45, 2.75) is 13.8 Å². The number of benzene rings is 2. The fourth-order valence-corrected chi connectivity index (χ4v) is 3.96. The van der Waals surface area contributed by atoms with Crippen LogP contribution in [0, 0.1) is 13.8 Å². The molecule has 4 rings (SSSR count). The summed E-state index contributed by atoms with van der Waals surface area (Å²) >= 11 is 1.44. The number of nitrogens with one attached hydrogen (secondary N) is 1. The summed E-state index contributed by atoms with van der Waals surface area (Å²) < 4.78 is 12.5. The number of carbonyl (C=O) groups excluding carboxylic acids is 1. The Balaban J connectivity index is 1.79. The van der Waals surface area contributed by atoms with Crippen LogP contribution in [0.15, 0.2) is 54.7 Å². The molecule has 0 radical (unpaired) electrons. The van der Waals surface area contributed by atoms with Crippen LogP contribution in [0.4, 0.5) is 5.13 Å². The first-order valence-electron chi connectivity index (χ1n) is 9.63. The number of anilines is 1. The molecule has 0 unspecified atom stereocenters. The monoisotopic (exact) mass is 434 g/mol. The second kappa shape index (κ2) is 8.61. The molecule has 1 N–H and O–H groups in total. The molecule has 0 aliphatic rings. The lowest BCUT2D eigenvalue weighted by atomic mass is 10.1. The normalized spacial score (nSPS) is 10.7. The van der Waals surface area contributed by atoms with E-state index in [0.717, 1.165) is 21.8 Å². The van der Waals surface area contributed by atoms with Gasteiger partial charge in [-0.1, -0.05) is 24.3 Å². The number of hydrogen-bond acceptors (Lipinski definition) is 6. The fourth-order valence-electron chi connectivity index (χ4n) is 3.15. The SMILES string of the molecule is COc1ccc(-c2cn(-c3ccccc3)nc2C(=O)Nc2nc(C)c(C)s2)cc1OC. The number of ether oxygens (including phenoxy) is 2. The quantitative estimate of drug-likeness (QED) is 0.468. The molecular weight excluding hydrogens is 412 g/mol. The van der Waals surface area contributed by atoms with Gasteiger partial charge in [0, 0.05) is 16.6 Å². The van der Waals surface area contributed by atoms with Crippen molar-refractivity contribution >= 4 is 22.4 Å². The maximum absolute atomic E-state index is 13.2. The Labute approximate surface area is 184 Å². The second-order valence-corrected chi connectivity index (χ2v) is 8.06. The summed E-state index contributed by atoms with van der Waals surface area (Å²) in [5.41, 5.74) is 3.50. The molecule has 31 heavy (non-hydrogen) atoms. The van der Waals surface area contributed by atoms with Crippen molar-refractivity contribution in [3.8, 4) is 28.3 Å². The molecule has 0 atom stereocenters. The Morgan fingerprint density at radius 3 is 2.42 bits per heavy atom. The van der Waals surface area contributed by atoms with Crippen LogP contribution in [0.1, 0.15) is 21.1 Å². The first-order chi connectivity index (χ1) is 15.0. The number of carbonyl (C=O) groups is 1. The van der Waals surface area contributed by atoms with E-state index in [-0.39, 0.29) is 5.91 Å². The third-order valence-electron chi connectivity index (χ3n) is 4.89. The zero-order valence-electron chi connectivity index (χ0n) is 17.7. The van der Waals surface area contributed by atoms with Gasteiger partial charge in [0.05, 0.1) is 25.6 Å². The highest BCUT2D eigenvalue weighted by atomic mass is 32.1. The number of thiazole rings is 1. The zero-order chi connectivity index (χ0) is 22.0. The topological polar surface area (TPSA) is 78.3 Å². The Hall–Kier alpha value is -3.65. The van der Waals surface area contributed by atoms with Gasteiger partial charge in [-0.2, -0.15) is 5.10 Å². The molecule has 4 aromatic rings. The molecule has 0 aliphatic heterocycles. The smallest absolute Gasteiger partial charge is 0.278 e. The molecule has 1 amide bonds. The van der Waals surface area contributed by atoms with E-state index in [1.165, 1.54) is 11.3 Å². The summed E-state index contributed by atoms with van der Waals surface area (Å²) in [4.78, 5) is 18.6. The van der Waals surface area contributed by atoms with Gasteiger partial charge in [0.15, 0.2) is 22.3 Å². The Kier molecular flexibility index (Phi) is 5.73. The molecule has 0 spiro atoms. The summed E-state index contributed by atoms with van der Waals surface area (Å²) in [6.45, 7) is 3.89. The average molecular weight is 435 g/mol. The number of aryl methyl sites for hydroxylation is 2. The molecule has 0 bridgehead atoms. The molecular formula is C23H22N4O3S. The van der Waals surface area contributed by atoms with Crippen LogP contribution in [-0.2, 0) is 0 Å². The van der Waals surface area contributed by atoms with Gasteiger partial charge in [-0.15, -0.1) is 11.3 Å². The van der Waals surface area contributed by atoms with Gasteiger partial charge in [0.25, 0.3) is 5.91 Å². The largest absolute Gasteiger partial charge is 0.493 e. The van der Waals surface area contributed by atoms with E-state index in [4.69, 9.17) is 9.47 Å². The molecule has 158 valence electrons.